The van der Waals surface area contributed by atoms with E-state index in [0.29, 0.717) is 11.8 Å². The maximum Gasteiger partial charge on any atom is -0.00141 e. The summed E-state index contributed by atoms with van der Waals surface area (Å²) in [5.41, 5.74) is 0. The molecule has 0 spiro atoms. The van der Waals surface area contributed by atoms with Crippen LogP contribution in [0.3, 0.4) is 0 Å². The molecule has 1 N–H and O–H groups in total. The Morgan fingerprint density at radius 2 is 2.20 bits per heavy atom. The van der Waals surface area contributed by atoms with Gasteiger partial charge in [-0.25, -0.2) is 0 Å². The summed E-state index contributed by atoms with van der Waals surface area (Å²) < 4.78 is 0. The first-order chi connectivity index (χ1) is 4.72. The Labute approximate surface area is 64.3 Å². The van der Waals surface area contributed by atoms with Crippen LogP contribution in [0.1, 0.15) is 33.1 Å². The van der Waals surface area contributed by atoms with Crippen molar-refractivity contribution < 1.29 is 0 Å². The van der Waals surface area contributed by atoms with Gasteiger partial charge in [0.1, 0.15) is 0 Å². The minimum Gasteiger partial charge on any atom is -0.313 e. The molecule has 0 saturated carbocycles. The number of nitrogens with one attached hydrogen (secondary N) is 1. The molecular formula is C9H18N. The first kappa shape index (κ1) is 9.67. The maximum atomic E-state index is 7.10. The van der Waals surface area contributed by atoms with E-state index >= 15 is 0 Å². The molecule has 0 heterocycles. The lowest BCUT2D eigenvalue weighted by Crippen LogP contribution is -2.09. The van der Waals surface area contributed by atoms with Crippen molar-refractivity contribution in [1.82, 2.24) is 0 Å². The quantitative estimate of drug-likeness (QED) is 0.568. The van der Waals surface area contributed by atoms with Gasteiger partial charge in [0.05, 0.1) is 0 Å². The molecule has 10 heavy (non-hydrogen) atoms. The van der Waals surface area contributed by atoms with E-state index in [4.69, 9.17) is 5.41 Å². The van der Waals surface area contributed by atoms with Crippen LogP contribution in [0.5, 0.6) is 0 Å². The normalized spacial score (nSPS) is 13.6. The number of rotatable bonds is 5. The first-order valence-corrected chi connectivity index (χ1v) is 4.06. The van der Waals surface area contributed by atoms with Crippen LogP contribution in [0.25, 0.3) is 0 Å². The van der Waals surface area contributed by atoms with Crippen molar-refractivity contribution in [2.45, 2.75) is 33.1 Å². The second kappa shape index (κ2) is 5.45. The molecule has 1 radical (unpaired) electrons. The van der Waals surface area contributed by atoms with Crippen LogP contribution in [0.15, 0.2) is 0 Å². The van der Waals surface area contributed by atoms with Gasteiger partial charge in [-0.1, -0.05) is 26.7 Å². The Morgan fingerprint density at radius 3 is 2.50 bits per heavy atom. The Bertz CT molecular complexity index is 86.7. The molecule has 0 aromatic rings. The molecule has 0 aliphatic rings. The smallest absolute Gasteiger partial charge is 0.00141 e. The number of hydrogen-bond donors (Lipinski definition) is 1. The van der Waals surface area contributed by atoms with Gasteiger partial charge in [0.25, 0.3) is 0 Å². The highest BCUT2D eigenvalue weighted by Gasteiger charge is 2.08. The monoisotopic (exact) mass is 140 g/mol. The van der Waals surface area contributed by atoms with Crippen LogP contribution in [0, 0.1) is 24.2 Å². The van der Waals surface area contributed by atoms with Crippen molar-refractivity contribution in [3.8, 4) is 0 Å². The Balaban J connectivity index is 3.50. The zero-order chi connectivity index (χ0) is 7.98. The van der Waals surface area contributed by atoms with Gasteiger partial charge in [-0.05, 0) is 31.4 Å². The molecule has 0 bridgehead atoms. The van der Waals surface area contributed by atoms with E-state index < -0.39 is 0 Å². The van der Waals surface area contributed by atoms with Crippen molar-refractivity contribution >= 4 is 6.21 Å². The van der Waals surface area contributed by atoms with Gasteiger partial charge in [0.15, 0.2) is 0 Å². The third-order valence-electron chi connectivity index (χ3n) is 1.84. The fourth-order valence-corrected chi connectivity index (χ4v) is 0.972. The highest BCUT2D eigenvalue weighted by atomic mass is 14.4. The second-order valence-electron chi connectivity index (χ2n) is 2.95. The summed E-state index contributed by atoms with van der Waals surface area (Å²) in [7, 11) is 0. The molecule has 1 nitrogen and oxygen atoms in total. The first-order valence-electron chi connectivity index (χ1n) is 4.06. The van der Waals surface area contributed by atoms with Gasteiger partial charge >= 0.3 is 0 Å². The summed E-state index contributed by atoms with van der Waals surface area (Å²) in [4.78, 5) is 0. The summed E-state index contributed by atoms with van der Waals surface area (Å²) in [5.74, 6) is 0.795. The molecular weight excluding hydrogens is 122 g/mol. The third kappa shape index (κ3) is 3.65. The van der Waals surface area contributed by atoms with Gasteiger partial charge < -0.3 is 5.41 Å². The lowest BCUT2D eigenvalue weighted by atomic mass is 9.92. The molecule has 0 aliphatic carbocycles. The van der Waals surface area contributed by atoms with Gasteiger partial charge in [-0.3, -0.25) is 0 Å². The average molecular weight is 140 g/mol. The number of hydrogen-bond acceptors (Lipinski definition) is 1. The van der Waals surface area contributed by atoms with Gasteiger partial charge in [0, 0.05) is 0 Å². The predicted molar refractivity (Wildman–Crippen MR) is 46.3 cm³/mol. The lowest BCUT2D eigenvalue weighted by Gasteiger charge is -2.13. The Kier molecular flexibility index (Phi) is 5.27. The van der Waals surface area contributed by atoms with E-state index in [1.54, 1.807) is 0 Å². The van der Waals surface area contributed by atoms with Crippen LogP contribution in [0.2, 0.25) is 0 Å². The molecule has 2 atom stereocenters. The van der Waals surface area contributed by atoms with Crippen LogP contribution in [-0.2, 0) is 0 Å². The number of unbranched alkanes of at least 4 members (excludes halogenated alkanes) is 1. The summed E-state index contributed by atoms with van der Waals surface area (Å²) in [6.07, 6.45) is 5.11. The van der Waals surface area contributed by atoms with E-state index in [2.05, 4.69) is 20.8 Å². The molecule has 0 aliphatic heterocycles. The zero-order valence-electron chi connectivity index (χ0n) is 7.06. The summed E-state index contributed by atoms with van der Waals surface area (Å²) >= 11 is 0. The highest BCUT2D eigenvalue weighted by molar-refractivity contribution is 5.57. The highest BCUT2D eigenvalue weighted by Crippen LogP contribution is 2.14. The van der Waals surface area contributed by atoms with Crippen LogP contribution in [0.4, 0.5) is 0 Å². The van der Waals surface area contributed by atoms with Crippen molar-refractivity contribution in [2.24, 2.45) is 11.8 Å². The molecule has 0 saturated heterocycles. The predicted octanol–water partition coefficient (Wildman–Crippen LogP) is 2.91. The largest absolute Gasteiger partial charge is 0.313 e. The minimum absolute atomic E-state index is 0.393. The zero-order valence-corrected chi connectivity index (χ0v) is 7.06. The maximum absolute atomic E-state index is 7.10. The molecule has 59 valence electrons. The van der Waals surface area contributed by atoms with Crippen LogP contribution in [-0.4, -0.2) is 6.21 Å². The van der Waals surface area contributed by atoms with Gasteiger partial charge in [0.2, 0.25) is 0 Å². The molecule has 1 heteroatoms. The molecule has 0 fully saturated rings. The average Bonchev–Trinajstić information content (AvgIpc) is 1.89. The van der Waals surface area contributed by atoms with Gasteiger partial charge in [-0.15, -0.1) is 0 Å². The Hall–Kier alpha value is -0.330. The molecule has 0 aromatic carbocycles. The third-order valence-corrected chi connectivity index (χ3v) is 1.84. The summed E-state index contributed by atoms with van der Waals surface area (Å²) in [5, 5.41) is 7.10. The molecule has 0 aromatic heterocycles. The Morgan fingerprint density at radius 1 is 1.60 bits per heavy atom. The second-order valence-corrected chi connectivity index (χ2v) is 2.95. The van der Waals surface area contributed by atoms with Gasteiger partial charge in [-0.2, -0.15) is 0 Å². The van der Waals surface area contributed by atoms with E-state index in [1.807, 2.05) is 0 Å². The molecule has 2 unspecified atom stereocenters. The van der Waals surface area contributed by atoms with Crippen molar-refractivity contribution in [3.63, 3.8) is 0 Å². The van der Waals surface area contributed by atoms with E-state index in [-0.39, 0.29) is 0 Å². The van der Waals surface area contributed by atoms with E-state index in [1.165, 1.54) is 19.1 Å². The van der Waals surface area contributed by atoms with Crippen molar-refractivity contribution in [1.29, 1.82) is 5.41 Å². The van der Waals surface area contributed by atoms with E-state index in [9.17, 15) is 0 Å². The van der Waals surface area contributed by atoms with Crippen molar-refractivity contribution in [2.75, 3.05) is 0 Å². The molecule has 0 rings (SSSR count). The SMILES string of the molecule is [CH2]C(C)C(C=N)CCCC. The van der Waals surface area contributed by atoms with Crippen LogP contribution >= 0.6 is 0 Å². The van der Waals surface area contributed by atoms with E-state index in [0.717, 1.165) is 6.42 Å². The molecule has 0 amide bonds. The fraction of sp³-hybridized carbons (Fsp3) is 0.778. The summed E-state index contributed by atoms with van der Waals surface area (Å²) in [6, 6.07) is 0. The standard InChI is InChI=1S/C9H18N/c1-4-5-6-9(7-10)8(2)3/h7-10H,2,4-6H2,1,3H3. The van der Waals surface area contributed by atoms with Crippen molar-refractivity contribution in [3.05, 3.63) is 6.92 Å². The lowest BCUT2D eigenvalue weighted by molar-refractivity contribution is 0.489. The fourth-order valence-electron chi connectivity index (χ4n) is 0.972. The topological polar surface area (TPSA) is 23.9 Å². The van der Waals surface area contributed by atoms with Crippen LogP contribution < -0.4 is 0 Å². The minimum atomic E-state index is 0.393. The summed E-state index contributed by atoms with van der Waals surface area (Å²) in [6.45, 7) is 8.16.